The summed E-state index contributed by atoms with van der Waals surface area (Å²) >= 11 is 0. The van der Waals surface area contributed by atoms with Crippen molar-refractivity contribution in [2.24, 2.45) is 15.6 Å². The van der Waals surface area contributed by atoms with Gasteiger partial charge < -0.3 is 4.74 Å². The summed E-state index contributed by atoms with van der Waals surface area (Å²) in [6, 6.07) is 18.3. The zero-order chi connectivity index (χ0) is 18.1. The molecule has 0 aromatic heterocycles. The van der Waals surface area contributed by atoms with Gasteiger partial charge in [0.2, 0.25) is 5.54 Å². The van der Waals surface area contributed by atoms with E-state index in [9.17, 15) is 9.59 Å². The van der Waals surface area contributed by atoms with Crippen LogP contribution in [0.4, 0.5) is 5.69 Å². The molecule has 5 heteroatoms. The third kappa shape index (κ3) is 2.97. The number of esters is 1. The summed E-state index contributed by atoms with van der Waals surface area (Å²) in [7, 11) is 0. The van der Waals surface area contributed by atoms with E-state index >= 15 is 0 Å². The Labute approximate surface area is 146 Å². The molecule has 0 bridgehead atoms. The highest BCUT2D eigenvalue weighted by Gasteiger charge is 2.59. The maximum Gasteiger partial charge on any atom is 0.344 e. The summed E-state index contributed by atoms with van der Waals surface area (Å²) in [6.45, 7) is 5.01. The summed E-state index contributed by atoms with van der Waals surface area (Å²) in [6.07, 6.45) is -0.645. The van der Waals surface area contributed by atoms with E-state index in [0.717, 1.165) is 5.56 Å². The van der Waals surface area contributed by atoms with Gasteiger partial charge in [-0.25, -0.2) is 4.79 Å². The molecule has 0 radical (unpaired) electrons. The summed E-state index contributed by atoms with van der Waals surface area (Å²) < 4.78 is 5.65. The van der Waals surface area contributed by atoms with Crippen LogP contribution in [0, 0.1) is 5.41 Å². The van der Waals surface area contributed by atoms with Crippen LogP contribution in [0.3, 0.4) is 0 Å². The van der Waals surface area contributed by atoms with Gasteiger partial charge in [0.15, 0.2) is 5.78 Å². The number of ether oxygens (including phenoxy) is 1. The average molecular weight is 336 g/mol. The number of cyclic esters (lactones) is 1. The molecule has 1 saturated heterocycles. The van der Waals surface area contributed by atoms with Crippen LogP contribution in [0.25, 0.3) is 0 Å². The number of carbonyl (C=O) groups excluding carboxylic acids is 2. The Balaban J connectivity index is 1.95. The van der Waals surface area contributed by atoms with Crippen molar-refractivity contribution in [1.82, 2.24) is 0 Å². The number of ketones is 1. The second-order valence-electron chi connectivity index (χ2n) is 6.85. The Morgan fingerprint density at radius 3 is 2.04 bits per heavy atom. The van der Waals surface area contributed by atoms with E-state index in [1.54, 1.807) is 26.0 Å². The van der Waals surface area contributed by atoms with Crippen molar-refractivity contribution in [3.63, 3.8) is 0 Å². The number of azo groups is 1. The minimum absolute atomic E-state index is 0.301. The molecule has 0 saturated carbocycles. The minimum atomic E-state index is -1.65. The number of Topliss-reactive ketones (excluding diaryl/α,β-unsaturated/α-hetero) is 1. The van der Waals surface area contributed by atoms with Crippen LogP contribution in [0.15, 0.2) is 70.9 Å². The smallest absolute Gasteiger partial charge is 0.344 e. The Morgan fingerprint density at radius 1 is 0.880 bits per heavy atom. The van der Waals surface area contributed by atoms with Gasteiger partial charge in [0, 0.05) is 0 Å². The molecule has 5 nitrogen and oxygen atoms in total. The summed E-state index contributed by atoms with van der Waals surface area (Å²) in [4.78, 5) is 25.8. The van der Waals surface area contributed by atoms with E-state index in [4.69, 9.17) is 4.74 Å². The summed E-state index contributed by atoms with van der Waals surface area (Å²) in [5.41, 5.74) is -1.20. The fourth-order valence-corrected chi connectivity index (χ4v) is 3.06. The lowest BCUT2D eigenvalue weighted by Crippen LogP contribution is -2.57. The van der Waals surface area contributed by atoms with Gasteiger partial charge in [-0.05, 0) is 38.5 Å². The first kappa shape index (κ1) is 17.0. The molecule has 0 spiro atoms. The van der Waals surface area contributed by atoms with Crippen molar-refractivity contribution in [2.45, 2.75) is 32.4 Å². The molecule has 1 aliphatic heterocycles. The fraction of sp³-hybridized carbons (Fsp3) is 0.300. The number of benzene rings is 2. The Hall–Kier alpha value is -2.82. The van der Waals surface area contributed by atoms with E-state index in [-0.39, 0.29) is 5.78 Å². The summed E-state index contributed by atoms with van der Waals surface area (Å²) in [5.74, 6) is -0.977. The maximum absolute atomic E-state index is 13.1. The third-order valence-corrected chi connectivity index (χ3v) is 4.53. The summed E-state index contributed by atoms with van der Waals surface area (Å²) in [5, 5.41) is 8.14. The van der Waals surface area contributed by atoms with Crippen molar-refractivity contribution in [1.29, 1.82) is 0 Å². The molecular formula is C20H20N2O3. The van der Waals surface area contributed by atoms with Crippen LogP contribution in [-0.4, -0.2) is 17.3 Å². The third-order valence-electron chi connectivity index (χ3n) is 4.53. The Bertz CT molecular complexity index is 815. The average Bonchev–Trinajstić information content (AvgIpc) is 2.63. The van der Waals surface area contributed by atoms with Crippen molar-refractivity contribution < 1.29 is 14.3 Å². The standard InChI is InChI=1S/C20H20N2O3/c1-19(2)16(14-10-6-4-7-11-14)25-18(24)20(3,17(19)23)22-21-15-12-8-5-9-13-15/h4-13,16H,1-3H3. The number of nitrogens with zero attached hydrogens (tertiary/aromatic N) is 2. The second-order valence-corrected chi connectivity index (χ2v) is 6.85. The van der Waals surface area contributed by atoms with Gasteiger partial charge in [-0.1, -0.05) is 48.5 Å². The molecule has 2 atom stereocenters. The van der Waals surface area contributed by atoms with Crippen LogP contribution >= 0.6 is 0 Å². The molecule has 1 fully saturated rings. The zero-order valence-corrected chi connectivity index (χ0v) is 14.5. The van der Waals surface area contributed by atoms with Crippen molar-refractivity contribution >= 4 is 17.4 Å². The molecule has 1 aliphatic rings. The molecule has 2 aromatic rings. The van der Waals surface area contributed by atoms with E-state index in [2.05, 4.69) is 10.2 Å². The number of carbonyl (C=O) groups is 2. The second kappa shape index (κ2) is 6.24. The Morgan fingerprint density at radius 2 is 1.44 bits per heavy atom. The van der Waals surface area contributed by atoms with Gasteiger partial charge in [-0.3, -0.25) is 4.79 Å². The molecule has 0 aliphatic carbocycles. The number of rotatable bonds is 3. The van der Waals surface area contributed by atoms with Crippen LogP contribution in [0.2, 0.25) is 0 Å². The lowest BCUT2D eigenvalue weighted by molar-refractivity contribution is -0.180. The highest BCUT2D eigenvalue weighted by Crippen LogP contribution is 2.46. The van der Waals surface area contributed by atoms with Gasteiger partial charge in [0.25, 0.3) is 0 Å². The van der Waals surface area contributed by atoms with Gasteiger partial charge in [-0.15, -0.1) is 0 Å². The van der Waals surface area contributed by atoms with E-state index in [0.29, 0.717) is 5.69 Å². The first-order valence-corrected chi connectivity index (χ1v) is 8.14. The van der Waals surface area contributed by atoms with Crippen LogP contribution < -0.4 is 0 Å². The van der Waals surface area contributed by atoms with Gasteiger partial charge >= 0.3 is 5.97 Å². The number of hydrogen-bond acceptors (Lipinski definition) is 5. The molecule has 0 N–H and O–H groups in total. The van der Waals surface area contributed by atoms with Gasteiger partial charge in [0.1, 0.15) is 6.10 Å². The molecule has 25 heavy (non-hydrogen) atoms. The fourth-order valence-electron chi connectivity index (χ4n) is 3.06. The van der Waals surface area contributed by atoms with Crippen LogP contribution in [0.1, 0.15) is 32.4 Å². The van der Waals surface area contributed by atoms with Crippen molar-refractivity contribution in [3.05, 3.63) is 66.2 Å². The maximum atomic E-state index is 13.1. The van der Waals surface area contributed by atoms with Crippen molar-refractivity contribution in [3.8, 4) is 0 Å². The molecule has 1 heterocycles. The predicted octanol–water partition coefficient (Wildman–Crippen LogP) is 4.42. The predicted molar refractivity (Wildman–Crippen MR) is 93.4 cm³/mol. The molecule has 2 aromatic carbocycles. The molecule has 128 valence electrons. The molecule has 0 amide bonds. The lowest BCUT2D eigenvalue weighted by Gasteiger charge is -2.42. The quantitative estimate of drug-likeness (QED) is 0.473. The highest BCUT2D eigenvalue weighted by atomic mass is 16.6. The minimum Gasteiger partial charge on any atom is -0.454 e. The SMILES string of the molecule is CC1(N=Nc2ccccc2)C(=O)OC(c2ccccc2)C(C)(C)C1=O. The zero-order valence-electron chi connectivity index (χ0n) is 14.5. The highest BCUT2D eigenvalue weighted by molar-refractivity contribution is 6.12. The normalized spacial score (nSPS) is 25.8. The van der Waals surface area contributed by atoms with Crippen LogP contribution in [0.5, 0.6) is 0 Å². The van der Waals surface area contributed by atoms with Crippen LogP contribution in [-0.2, 0) is 14.3 Å². The number of hydrogen-bond donors (Lipinski definition) is 0. The largest absolute Gasteiger partial charge is 0.454 e. The van der Waals surface area contributed by atoms with Gasteiger partial charge in [0.05, 0.1) is 11.1 Å². The van der Waals surface area contributed by atoms with E-state index in [1.807, 2.05) is 48.5 Å². The molecular weight excluding hydrogens is 316 g/mol. The topological polar surface area (TPSA) is 68.1 Å². The van der Waals surface area contributed by atoms with Crippen molar-refractivity contribution in [2.75, 3.05) is 0 Å². The molecule has 3 rings (SSSR count). The monoisotopic (exact) mass is 336 g/mol. The van der Waals surface area contributed by atoms with E-state index in [1.165, 1.54) is 6.92 Å². The Kier molecular flexibility index (Phi) is 4.25. The first-order chi connectivity index (χ1) is 11.9. The van der Waals surface area contributed by atoms with Gasteiger partial charge in [-0.2, -0.15) is 10.2 Å². The molecule has 2 unspecified atom stereocenters. The first-order valence-electron chi connectivity index (χ1n) is 8.14. The lowest BCUT2D eigenvalue weighted by atomic mass is 9.70. The van der Waals surface area contributed by atoms with E-state index < -0.39 is 23.0 Å².